The molecular formula is C11H28Si4. The van der Waals surface area contributed by atoms with Gasteiger partial charge in [-0.15, -0.1) is 0 Å². The second kappa shape index (κ2) is 2.65. The molecular weight excluding hydrogens is 244 g/mol. The SMILES string of the molecule is C[Si]1(C)CCC2([Si]1(C)C)[Si](C)(C)[Si]2(C)C. The van der Waals surface area contributed by atoms with Crippen LogP contribution >= 0.6 is 0 Å². The van der Waals surface area contributed by atoms with E-state index in [9.17, 15) is 0 Å². The molecule has 0 aromatic rings. The van der Waals surface area contributed by atoms with Gasteiger partial charge in [-0.3, -0.25) is 0 Å². The van der Waals surface area contributed by atoms with Crippen molar-refractivity contribution in [2.24, 2.45) is 0 Å². The minimum absolute atomic E-state index is 0.795. The minimum atomic E-state index is -0.893. The molecule has 0 amide bonds. The molecule has 0 bridgehead atoms. The summed E-state index contributed by atoms with van der Waals surface area (Å²) < 4.78 is 1.04. The molecule has 0 aliphatic carbocycles. The average molecular weight is 273 g/mol. The van der Waals surface area contributed by atoms with Crippen molar-refractivity contribution < 1.29 is 0 Å². The second-order valence-corrected chi connectivity index (χ2v) is 41.6. The van der Waals surface area contributed by atoms with E-state index in [1.54, 1.807) is 12.5 Å². The largest absolute Gasteiger partial charge is 0.0713 e. The van der Waals surface area contributed by atoms with Crippen LogP contribution in [0.5, 0.6) is 0 Å². The maximum atomic E-state index is 2.78. The third kappa shape index (κ3) is 0.951. The highest BCUT2D eigenvalue weighted by Crippen LogP contribution is 2.78. The van der Waals surface area contributed by atoms with Gasteiger partial charge in [-0.05, 0) is 4.28 Å². The van der Waals surface area contributed by atoms with Gasteiger partial charge in [0.25, 0.3) is 0 Å². The van der Waals surface area contributed by atoms with Crippen molar-refractivity contribution in [3.63, 3.8) is 0 Å². The Morgan fingerprint density at radius 3 is 1.20 bits per heavy atom. The lowest BCUT2D eigenvalue weighted by molar-refractivity contribution is 0.944. The van der Waals surface area contributed by atoms with Gasteiger partial charge in [0.2, 0.25) is 0 Å². The van der Waals surface area contributed by atoms with Crippen molar-refractivity contribution in [2.45, 2.75) is 69.1 Å². The van der Waals surface area contributed by atoms with E-state index in [-0.39, 0.29) is 0 Å². The first-order valence-corrected chi connectivity index (χ1v) is 20.7. The molecule has 0 nitrogen and oxygen atoms in total. The van der Waals surface area contributed by atoms with Crippen LogP contribution in [0.25, 0.3) is 0 Å². The van der Waals surface area contributed by atoms with Gasteiger partial charge in [0.1, 0.15) is 0 Å². The first-order valence-electron chi connectivity index (χ1n) is 6.46. The molecule has 0 radical (unpaired) electrons. The highest BCUT2D eigenvalue weighted by molar-refractivity contribution is 7.72. The Morgan fingerprint density at radius 1 is 0.667 bits per heavy atom. The van der Waals surface area contributed by atoms with Gasteiger partial charge in [0.05, 0.1) is 0 Å². The molecule has 15 heavy (non-hydrogen) atoms. The Morgan fingerprint density at radius 2 is 1.07 bits per heavy atom. The van der Waals surface area contributed by atoms with Crippen molar-refractivity contribution in [3.8, 4) is 0 Å². The molecule has 0 atom stereocenters. The van der Waals surface area contributed by atoms with Gasteiger partial charge < -0.3 is 0 Å². The van der Waals surface area contributed by atoms with Gasteiger partial charge >= 0.3 is 0 Å². The van der Waals surface area contributed by atoms with Crippen LogP contribution in [-0.2, 0) is 0 Å². The summed E-state index contributed by atoms with van der Waals surface area (Å²) in [6, 6.07) is 1.67. The van der Waals surface area contributed by atoms with Crippen LogP contribution in [0.15, 0.2) is 0 Å². The summed E-state index contributed by atoms with van der Waals surface area (Å²) in [5.41, 5.74) is 0. The van der Waals surface area contributed by atoms with Gasteiger partial charge in [0.15, 0.2) is 0 Å². The van der Waals surface area contributed by atoms with Crippen LogP contribution in [0.2, 0.25) is 62.7 Å². The molecule has 1 spiro atoms. The monoisotopic (exact) mass is 272 g/mol. The predicted octanol–water partition coefficient (Wildman–Crippen LogP) is 4.21. The first-order chi connectivity index (χ1) is 6.46. The molecule has 0 aromatic heterocycles. The number of hydrogen-bond donors (Lipinski definition) is 0. The molecule has 2 aliphatic heterocycles. The lowest BCUT2D eigenvalue weighted by atomic mass is 10.5. The quantitative estimate of drug-likeness (QED) is 0.580. The Hall–Kier alpha value is 0.868. The van der Waals surface area contributed by atoms with Crippen LogP contribution < -0.4 is 0 Å². The van der Waals surface area contributed by atoms with Crippen molar-refractivity contribution in [1.82, 2.24) is 0 Å². The van der Waals surface area contributed by atoms with E-state index in [1.807, 2.05) is 0 Å². The summed E-state index contributed by atoms with van der Waals surface area (Å²) >= 11 is 0. The summed E-state index contributed by atoms with van der Waals surface area (Å²) in [6.07, 6.45) is 1.67. The molecule has 4 heteroatoms. The molecule has 0 N–H and O–H groups in total. The lowest BCUT2D eigenvalue weighted by Gasteiger charge is -2.39. The minimum Gasteiger partial charge on any atom is -0.0713 e. The van der Waals surface area contributed by atoms with Gasteiger partial charge in [-0.25, -0.2) is 0 Å². The van der Waals surface area contributed by atoms with Crippen LogP contribution in [0, 0.1) is 0 Å². The van der Waals surface area contributed by atoms with E-state index in [1.165, 1.54) is 0 Å². The summed E-state index contributed by atoms with van der Waals surface area (Å²) in [7, 11) is -3.29. The lowest BCUT2D eigenvalue weighted by Crippen LogP contribution is -2.55. The highest BCUT2D eigenvalue weighted by atomic mass is 29.4. The summed E-state index contributed by atoms with van der Waals surface area (Å²) in [6.45, 7) is 21.9. The van der Waals surface area contributed by atoms with Crippen molar-refractivity contribution in [2.75, 3.05) is 0 Å². The summed E-state index contributed by atoms with van der Waals surface area (Å²) in [5.74, 6) is 0. The van der Waals surface area contributed by atoms with E-state index in [4.69, 9.17) is 0 Å². The van der Waals surface area contributed by atoms with Crippen LogP contribution in [0.1, 0.15) is 6.42 Å². The molecule has 2 saturated heterocycles. The Balaban J connectivity index is 2.53. The normalized spacial score (nSPS) is 36.8. The fourth-order valence-corrected chi connectivity index (χ4v) is 71.0. The van der Waals surface area contributed by atoms with Gasteiger partial charge in [-0.2, -0.15) is 0 Å². The fourth-order valence-electron chi connectivity index (χ4n) is 5.32. The smallest absolute Gasteiger partial charge is 0.0418 e. The molecule has 2 rings (SSSR count). The zero-order valence-corrected chi connectivity index (χ0v) is 15.9. The summed E-state index contributed by atoms with van der Waals surface area (Å²) in [5, 5.41) is 0. The van der Waals surface area contributed by atoms with Crippen LogP contribution in [0.3, 0.4) is 0 Å². The van der Waals surface area contributed by atoms with E-state index in [0.717, 1.165) is 4.28 Å². The molecule has 2 heterocycles. The molecule has 0 aromatic carbocycles. The van der Waals surface area contributed by atoms with Gasteiger partial charge in [-0.1, -0.05) is 64.8 Å². The van der Waals surface area contributed by atoms with Crippen molar-refractivity contribution in [3.05, 3.63) is 0 Å². The second-order valence-electron chi connectivity index (χ2n) is 8.16. The molecule has 0 saturated carbocycles. The topological polar surface area (TPSA) is 0 Å². The van der Waals surface area contributed by atoms with Gasteiger partial charge in [0, 0.05) is 30.4 Å². The van der Waals surface area contributed by atoms with Crippen molar-refractivity contribution in [1.29, 1.82) is 0 Å². The third-order valence-corrected chi connectivity index (χ3v) is 59.8. The summed E-state index contributed by atoms with van der Waals surface area (Å²) in [4.78, 5) is 0. The van der Waals surface area contributed by atoms with E-state index in [0.29, 0.717) is 0 Å². The van der Waals surface area contributed by atoms with Crippen molar-refractivity contribution >= 4 is 30.4 Å². The number of hydrogen-bond acceptors (Lipinski definition) is 0. The Bertz CT molecular complexity index is 301. The zero-order valence-electron chi connectivity index (χ0n) is 11.9. The zero-order chi connectivity index (χ0) is 11.9. The fraction of sp³-hybridized carbons (Fsp3) is 1.00. The molecule has 88 valence electrons. The highest BCUT2D eigenvalue weighted by Gasteiger charge is 2.87. The number of rotatable bonds is 0. The maximum absolute atomic E-state index is 2.78. The van der Waals surface area contributed by atoms with Crippen LogP contribution in [-0.4, -0.2) is 30.4 Å². The Labute approximate surface area is 99.5 Å². The average Bonchev–Trinajstić information content (AvgIpc) is 2.22. The molecule has 2 aliphatic rings. The van der Waals surface area contributed by atoms with E-state index >= 15 is 0 Å². The third-order valence-electron chi connectivity index (χ3n) is 7.52. The predicted molar refractivity (Wildman–Crippen MR) is 82.0 cm³/mol. The molecule has 2 fully saturated rings. The first kappa shape index (κ1) is 12.3. The van der Waals surface area contributed by atoms with E-state index < -0.39 is 30.4 Å². The Kier molecular flexibility index (Phi) is 2.18. The maximum Gasteiger partial charge on any atom is 0.0418 e. The standard InChI is InChI=1S/C11H28Si4/c1-12(2)10-9-11(13(12,3)4)14(5,6)15(11,7)8/h9-10H2,1-8H3. The molecule has 0 unspecified atom stereocenters. The van der Waals surface area contributed by atoms with Crippen LogP contribution in [0.4, 0.5) is 0 Å². The van der Waals surface area contributed by atoms with E-state index in [2.05, 4.69) is 52.4 Å².